The zero-order chi connectivity index (χ0) is 30.2. The van der Waals surface area contributed by atoms with Gasteiger partial charge in [-0.05, 0) is 92.0 Å². The van der Waals surface area contributed by atoms with Gasteiger partial charge in [-0.2, -0.15) is 0 Å². The second-order valence-corrected chi connectivity index (χ2v) is 12.2. The first-order valence-corrected chi connectivity index (χ1v) is 15.7. The summed E-state index contributed by atoms with van der Waals surface area (Å²) in [5.74, 6) is 0. The van der Waals surface area contributed by atoms with Crippen LogP contribution in [0.15, 0.2) is 164 Å². The SMILES string of the molecule is c1ccc2c(c1)-c1c(ccc3c1c1ccccc1n3-c1cc3ccccc3c3ccccc13)C2(c1ccncc1)c1ccncc1. The molecule has 0 N–H and O–H groups in total. The maximum atomic E-state index is 4.41. The molecule has 0 spiro atoms. The van der Waals surface area contributed by atoms with Crippen molar-refractivity contribution in [3.05, 3.63) is 187 Å². The van der Waals surface area contributed by atoms with Crippen LogP contribution in [-0.4, -0.2) is 14.5 Å². The Bertz CT molecular complexity index is 2600. The van der Waals surface area contributed by atoms with E-state index in [0.29, 0.717) is 0 Å². The molecule has 9 aromatic rings. The molecule has 3 heterocycles. The smallest absolute Gasteiger partial charge is 0.0715 e. The van der Waals surface area contributed by atoms with Crippen LogP contribution < -0.4 is 0 Å². The van der Waals surface area contributed by atoms with E-state index >= 15 is 0 Å². The molecule has 0 radical (unpaired) electrons. The summed E-state index contributed by atoms with van der Waals surface area (Å²) in [5, 5.41) is 7.56. The molecule has 6 aromatic carbocycles. The maximum absolute atomic E-state index is 4.41. The van der Waals surface area contributed by atoms with Gasteiger partial charge in [0.1, 0.15) is 0 Å². The van der Waals surface area contributed by atoms with Gasteiger partial charge in [-0.15, -0.1) is 0 Å². The number of para-hydroxylation sites is 1. The van der Waals surface area contributed by atoms with Gasteiger partial charge in [-0.25, -0.2) is 0 Å². The highest BCUT2D eigenvalue weighted by molar-refractivity contribution is 6.20. The number of pyridine rings is 2. The molecule has 46 heavy (non-hydrogen) atoms. The summed E-state index contributed by atoms with van der Waals surface area (Å²) in [6, 6.07) is 51.1. The monoisotopic (exact) mass is 585 g/mol. The van der Waals surface area contributed by atoms with Crippen molar-refractivity contribution in [1.29, 1.82) is 0 Å². The van der Waals surface area contributed by atoms with Gasteiger partial charge in [0, 0.05) is 40.9 Å². The first-order chi connectivity index (χ1) is 22.9. The van der Waals surface area contributed by atoms with E-state index in [0.717, 1.165) is 0 Å². The fourth-order valence-electron chi connectivity index (χ4n) is 8.30. The Labute approximate surface area is 266 Å². The zero-order valence-electron chi connectivity index (χ0n) is 24.9. The summed E-state index contributed by atoms with van der Waals surface area (Å²) in [4.78, 5) is 8.82. The number of aromatic nitrogens is 3. The van der Waals surface area contributed by atoms with Crippen LogP contribution in [0, 0.1) is 0 Å². The zero-order valence-corrected chi connectivity index (χ0v) is 24.9. The van der Waals surface area contributed by atoms with Crippen molar-refractivity contribution in [2.45, 2.75) is 5.41 Å². The summed E-state index contributed by atoms with van der Waals surface area (Å²) >= 11 is 0. The molecular weight excluding hydrogens is 558 g/mol. The highest BCUT2D eigenvalue weighted by Crippen LogP contribution is 2.58. The summed E-state index contributed by atoms with van der Waals surface area (Å²) < 4.78 is 2.49. The van der Waals surface area contributed by atoms with Crippen LogP contribution in [0.4, 0.5) is 0 Å². The number of fused-ring (bicyclic) bond motifs is 10. The fourth-order valence-corrected chi connectivity index (χ4v) is 8.30. The van der Waals surface area contributed by atoms with E-state index in [1.807, 2.05) is 24.8 Å². The van der Waals surface area contributed by atoms with Gasteiger partial charge in [0.25, 0.3) is 0 Å². The van der Waals surface area contributed by atoms with Crippen LogP contribution in [0.3, 0.4) is 0 Å². The van der Waals surface area contributed by atoms with Crippen LogP contribution in [0.2, 0.25) is 0 Å². The molecule has 0 saturated heterocycles. The molecule has 0 bridgehead atoms. The Morgan fingerprint density at radius 2 is 1.07 bits per heavy atom. The van der Waals surface area contributed by atoms with E-state index < -0.39 is 5.41 Å². The van der Waals surface area contributed by atoms with E-state index in [9.17, 15) is 0 Å². The number of nitrogens with zero attached hydrogens (tertiary/aromatic N) is 3. The summed E-state index contributed by atoms with van der Waals surface area (Å²) in [7, 11) is 0. The van der Waals surface area contributed by atoms with Crippen molar-refractivity contribution in [2.75, 3.05) is 0 Å². The van der Waals surface area contributed by atoms with Crippen LogP contribution in [0.1, 0.15) is 22.3 Å². The lowest BCUT2D eigenvalue weighted by molar-refractivity contribution is 0.764. The van der Waals surface area contributed by atoms with Gasteiger partial charge in [0.15, 0.2) is 0 Å². The second kappa shape index (κ2) is 9.47. The second-order valence-electron chi connectivity index (χ2n) is 12.2. The molecule has 0 amide bonds. The van der Waals surface area contributed by atoms with Crippen LogP contribution in [0.5, 0.6) is 0 Å². The number of benzene rings is 6. The van der Waals surface area contributed by atoms with Crippen molar-refractivity contribution in [3.8, 4) is 16.8 Å². The van der Waals surface area contributed by atoms with Gasteiger partial charge >= 0.3 is 0 Å². The third-order valence-corrected chi connectivity index (χ3v) is 10.1. The predicted molar refractivity (Wildman–Crippen MR) is 189 cm³/mol. The van der Waals surface area contributed by atoms with Crippen molar-refractivity contribution in [1.82, 2.24) is 14.5 Å². The molecular formula is C43H27N3. The molecule has 3 nitrogen and oxygen atoms in total. The van der Waals surface area contributed by atoms with E-state index in [1.165, 1.54) is 82.4 Å². The first kappa shape index (κ1) is 25.3. The van der Waals surface area contributed by atoms with Crippen LogP contribution in [0.25, 0.3) is 60.2 Å². The van der Waals surface area contributed by atoms with Gasteiger partial charge in [-0.3, -0.25) is 9.97 Å². The van der Waals surface area contributed by atoms with Crippen molar-refractivity contribution < 1.29 is 0 Å². The molecule has 0 saturated carbocycles. The predicted octanol–water partition coefficient (Wildman–Crippen LogP) is 10.2. The Morgan fingerprint density at radius 3 is 1.83 bits per heavy atom. The summed E-state index contributed by atoms with van der Waals surface area (Å²) in [6.45, 7) is 0. The lowest BCUT2D eigenvalue weighted by Gasteiger charge is -2.33. The van der Waals surface area contributed by atoms with Crippen molar-refractivity contribution >= 4 is 43.4 Å². The van der Waals surface area contributed by atoms with Crippen molar-refractivity contribution in [2.24, 2.45) is 0 Å². The van der Waals surface area contributed by atoms with Crippen LogP contribution >= 0.6 is 0 Å². The Morgan fingerprint density at radius 1 is 0.457 bits per heavy atom. The van der Waals surface area contributed by atoms with E-state index in [-0.39, 0.29) is 0 Å². The Kier molecular flexibility index (Phi) is 5.20. The third kappa shape index (κ3) is 3.21. The fraction of sp³-hybridized carbons (Fsp3) is 0.0233. The highest BCUT2D eigenvalue weighted by Gasteiger charge is 2.47. The number of rotatable bonds is 3. The minimum atomic E-state index is -0.509. The van der Waals surface area contributed by atoms with Gasteiger partial charge in [0.05, 0.1) is 22.1 Å². The molecule has 0 atom stereocenters. The molecule has 0 unspecified atom stereocenters. The number of hydrogen-bond donors (Lipinski definition) is 0. The summed E-state index contributed by atoms with van der Waals surface area (Å²) in [6.07, 6.45) is 7.64. The minimum Gasteiger partial charge on any atom is -0.309 e. The van der Waals surface area contributed by atoms with Gasteiger partial charge in [0.2, 0.25) is 0 Å². The van der Waals surface area contributed by atoms with E-state index in [1.54, 1.807) is 0 Å². The molecule has 0 fully saturated rings. The lowest BCUT2D eigenvalue weighted by Crippen LogP contribution is -2.28. The van der Waals surface area contributed by atoms with E-state index in [2.05, 4.69) is 154 Å². The molecule has 3 aromatic heterocycles. The highest BCUT2D eigenvalue weighted by atomic mass is 15.0. The average Bonchev–Trinajstić information content (AvgIpc) is 3.63. The van der Waals surface area contributed by atoms with Gasteiger partial charge < -0.3 is 4.57 Å². The third-order valence-electron chi connectivity index (χ3n) is 10.1. The quantitative estimate of drug-likeness (QED) is 0.193. The molecule has 1 aliphatic carbocycles. The van der Waals surface area contributed by atoms with Gasteiger partial charge in [-0.1, -0.05) is 97.1 Å². The molecule has 0 aliphatic heterocycles. The standard InChI is InChI=1S/C43H27N3/c1-2-10-31-28(9-1)27-40(33-12-4-3-11-32(31)33)46-38-16-8-6-14-35(38)42-39(46)18-17-37-41(42)34-13-5-7-15-36(34)43(37,29-19-23-44-24-20-29)30-21-25-45-26-22-30/h1-27H. The maximum Gasteiger partial charge on any atom is 0.0715 e. The molecule has 10 rings (SSSR count). The van der Waals surface area contributed by atoms with E-state index in [4.69, 9.17) is 0 Å². The average molecular weight is 586 g/mol. The molecule has 214 valence electrons. The molecule has 3 heteroatoms. The minimum absolute atomic E-state index is 0.509. The van der Waals surface area contributed by atoms with Crippen molar-refractivity contribution in [3.63, 3.8) is 0 Å². The Balaban J connectivity index is 1.40. The Hall–Kier alpha value is -6.06. The van der Waals surface area contributed by atoms with Crippen LogP contribution in [-0.2, 0) is 5.41 Å². The first-order valence-electron chi connectivity index (χ1n) is 15.7. The largest absolute Gasteiger partial charge is 0.309 e. The number of hydrogen-bond acceptors (Lipinski definition) is 2. The summed E-state index contributed by atoms with van der Waals surface area (Å²) in [5.41, 5.74) is 10.6. The normalized spacial score (nSPS) is 13.4. The lowest BCUT2D eigenvalue weighted by atomic mass is 9.68. The topological polar surface area (TPSA) is 30.7 Å². The molecule has 1 aliphatic rings.